The van der Waals surface area contributed by atoms with Crippen LogP contribution in [0.1, 0.15) is 18.9 Å². The molecule has 1 unspecified atom stereocenters. The maximum Gasteiger partial charge on any atom is 0.0480 e. The van der Waals surface area contributed by atoms with Crippen molar-refractivity contribution in [1.29, 1.82) is 0 Å². The molecule has 80 valence electrons. The molecule has 0 aliphatic carbocycles. The van der Waals surface area contributed by atoms with Crippen molar-refractivity contribution in [2.45, 2.75) is 25.8 Å². The predicted molar refractivity (Wildman–Crippen MR) is 64.9 cm³/mol. The second kappa shape index (κ2) is 4.07. The lowest BCUT2D eigenvalue weighted by Gasteiger charge is -2.03. The van der Waals surface area contributed by atoms with Crippen LogP contribution in [0.3, 0.4) is 0 Å². The van der Waals surface area contributed by atoms with Crippen LogP contribution >= 0.6 is 0 Å². The number of benzene rings is 1. The monoisotopic (exact) mass is 202 g/mol. The van der Waals surface area contributed by atoms with Crippen molar-refractivity contribution in [3.63, 3.8) is 0 Å². The van der Waals surface area contributed by atoms with Gasteiger partial charge in [0, 0.05) is 30.2 Å². The van der Waals surface area contributed by atoms with Gasteiger partial charge in [-0.2, -0.15) is 0 Å². The summed E-state index contributed by atoms with van der Waals surface area (Å²) in [5.41, 5.74) is 8.50. The van der Waals surface area contributed by atoms with Crippen LogP contribution in [0.2, 0.25) is 0 Å². The molecule has 0 aliphatic rings. The predicted octanol–water partition coefficient (Wildman–Crippen LogP) is 2.46. The Hall–Kier alpha value is -1.28. The Morgan fingerprint density at radius 3 is 2.80 bits per heavy atom. The quantitative estimate of drug-likeness (QED) is 0.814. The lowest BCUT2D eigenvalue weighted by Crippen LogP contribution is -2.15. The van der Waals surface area contributed by atoms with E-state index in [0.717, 1.165) is 12.8 Å². The number of hydrogen-bond donors (Lipinski definition) is 1. The zero-order chi connectivity index (χ0) is 10.8. The number of aryl methyl sites for hydroxylation is 2. The molecule has 2 heteroatoms. The van der Waals surface area contributed by atoms with Crippen molar-refractivity contribution in [2.75, 3.05) is 0 Å². The molecule has 0 fully saturated rings. The van der Waals surface area contributed by atoms with Crippen LogP contribution in [0, 0.1) is 0 Å². The third-order valence-corrected chi connectivity index (χ3v) is 2.85. The van der Waals surface area contributed by atoms with E-state index >= 15 is 0 Å². The van der Waals surface area contributed by atoms with Crippen molar-refractivity contribution >= 4 is 10.9 Å². The van der Waals surface area contributed by atoms with Gasteiger partial charge in [0.1, 0.15) is 0 Å². The van der Waals surface area contributed by atoms with E-state index in [1.807, 2.05) is 0 Å². The summed E-state index contributed by atoms with van der Waals surface area (Å²) >= 11 is 0. The fourth-order valence-corrected chi connectivity index (χ4v) is 2.01. The molecule has 1 aromatic heterocycles. The molecule has 2 N–H and O–H groups in total. The Labute approximate surface area is 90.7 Å². The van der Waals surface area contributed by atoms with E-state index in [4.69, 9.17) is 5.73 Å². The van der Waals surface area contributed by atoms with Crippen LogP contribution in [0.5, 0.6) is 0 Å². The summed E-state index contributed by atoms with van der Waals surface area (Å²) in [7, 11) is 2.09. The molecule has 1 atom stereocenters. The van der Waals surface area contributed by atoms with Crippen LogP contribution in [-0.2, 0) is 13.5 Å². The zero-order valence-electron chi connectivity index (χ0n) is 9.40. The summed E-state index contributed by atoms with van der Waals surface area (Å²) in [6, 6.07) is 8.80. The first kappa shape index (κ1) is 10.2. The van der Waals surface area contributed by atoms with Gasteiger partial charge in [-0.15, -0.1) is 0 Å². The van der Waals surface area contributed by atoms with Crippen LogP contribution in [0.25, 0.3) is 10.9 Å². The van der Waals surface area contributed by atoms with Crippen molar-refractivity contribution in [2.24, 2.45) is 12.8 Å². The lowest BCUT2D eigenvalue weighted by atomic mass is 10.1. The Balaban J connectivity index is 2.35. The fraction of sp³-hybridized carbons (Fsp3) is 0.385. The van der Waals surface area contributed by atoms with Crippen molar-refractivity contribution < 1.29 is 0 Å². The molecule has 0 spiro atoms. The number of nitrogens with two attached hydrogens (primary N) is 1. The number of rotatable bonds is 3. The summed E-state index contributed by atoms with van der Waals surface area (Å²) in [4.78, 5) is 0. The van der Waals surface area contributed by atoms with E-state index < -0.39 is 0 Å². The maximum absolute atomic E-state index is 5.78. The van der Waals surface area contributed by atoms with Gasteiger partial charge in [-0.3, -0.25) is 0 Å². The highest BCUT2D eigenvalue weighted by Crippen LogP contribution is 2.21. The normalized spacial score (nSPS) is 13.3. The summed E-state index contributed by atoms with van der Waals surface area (Å²) in [5.74, 6) is 0. The first-order valence-electron chi connectivity index (χ1n) is 5.47. The first-order chi connectivity index (χ1) is 7.18. The van der Waals surface area contributed by atoms with Gasteiger partial charge in [-0.25, -0.2) is 0 Å². The molecule has 2 rings (SSSR count). The number of para-hydroxylation sites is 1. The molecule has 0 saturated heterocycles. The Morgan fingerprint density at radius 1 is 1.33 bits per heavy atom. The minimum absolute atomic E-state index is 0.281. The minimum Gasteiger partial charge on any atom is -0.350 e. The summed E-state index contributed by atoms with van der Waals surface area (Å²) < 4.78 is 2.19. The number of hydrogen-bond acceptors (Lipinski definition) is 1. The summed E-state index contributed by atoms with van der Waals surface area (Å²) in [5, 5.41) is 1.36. The van der Waals surface area contributed by atoms with Gasteiger partial charge in [-0.05, 0) is 31.4 Å². The van der Waals surface area contributed by atoms with Crippen molar-refractivity contribution in [1.82, 2.24) is 4.57 Å². The largest absolute Gasteiger partial charge is 0.350 e. The molecule has 0 saturated carbocycles. The first-order valence-corrected chi connectivity index (χ1v) is 5.47. The van der Waals surface area contributed by atoms with Gasteiger partial charge >= 0.3 is 0 Å². The van der Waals surface area contributed by atoms with Crippen LogP contribution in [0.15, 0.2) is 30.5 Å². The van der Waals surface area contributed by atoms with E-state index in [1.165, 1.54) is 16.5 Å². The Kier molecular flexibility index (Phi) is 2.78. The second-order valence-electron chi connectivity index (χ2n) is 4.30. The highest BCUT2D eigenvalue weighted by molar-refractivity contribution is 5.83. The average molecular weight is 202 g/mol. The van der Waals surface area contributed by atoms with Gasteiger partial charge in [0.25, 0.3) is 0 Å². The van der Waals surface area contributed by atoms with Gasteiger partial charge in [0.2, 0.25) is 0 Å². The van der Waals surface area contributed by atoms with Crippen molar-refractivity contribution in [3.8, 4) is 0 Å². The Bertz CT molecular complexity index is 455. The topological polar surface area (TPSA) is 30.9 Å². The van der Waals surface area contributed by atoms with Crippen LogP contribution in [-0.4, -0.2) is 10.6 Å². The van der Waals surface area contributed by atoms with E-state index in [2.05, 4.69) is 49.0 Å². The fourth-order valence-electron chi connectivity index (χ4n) is 2.01. The van der Waals surface area contributed by atoms with E-state index in [9.17, 15) is 0 Å². The molecule has 0 bridgehead atoms. The smallest absolute Gasteiger partial charge is 0.0480 e. The SMILES string of the molecule is CC(N)CCc1cn(C)c2ccccc12. The highest BCUT2D eigenvalue weighted by atomic mass is 14.9. The average Bonchev–Trinajstić information content (AvgIpc) is 2.54. The van der Waals surface area contributed by atoms with Crippen LogP contribution < -0.4 is 5.73 Å². The summed E-state index contributed by atoms with van der Waals surface area (Å²) in [6.45, 7) is 2.06. The zero-order valence-corrected chi connectivity index (χ0v) is 9.40. The molecule has 0 aliphatic heterocycles. The molecule has 15 heavy (non-hydrogen) atoms. The number of aromatic nitrogens is 1. The molecule has 2 aromatic rings. The second-order valence-corrected chi connectivity index (χ2v) is 4.30. The highest BCUT2D eigenvalue weighted by Gasteiger charge is 2.05. The van der Waals surface area contributed by atoms with Gasteiger partial charge in [-0.1, -0.05) is 18.2 Å². The molecule has 0 amide bonds. The van der Waals surface area contributed by atoms with E-state index in [-0.39, 0.29) is 6.04 Å². The van der Waals surface area contributed by atoms with Gasteiger partial charge in [0.05, 0.1) is 0 Å². The molecule has 1 aromatic carbocycles. The molecule has 1 heterocycles. The summed E-state index contributed by atoms with van der Waals surface area (Å²) in [6.07, 6.45) is 4.33. The third kappa shape index (κ3) is 2.05. The molecule has 2 nitrogen and oxygen atoms in total. The van der Waals surface area contributed by atoms with Gasteiger partial charge < -0.3 is 10.3 Å². The third-order valence-electron chi connectivity index (χ3n) is 2.85. The van der Waals surface area contributed by atoms with E-state index in [0.29, 0.717) is 0 Å². The molecular weight excluding hydrogens is 184 g/mol. The lowest BCUT2D eigenvalue weighted by molar-refractivity contribution is 0.667. The molecular formula is C13H18N2. The molecule has 0 radical (unpaired) electrons. The number of fused-ring (bicyclic) bond motifs is 1. The maximum atomic E-state index is 5.78. The van der Waals surface area contributed by atoms with Crippen molar-refractivity contribution in [3.05, 3.63) is 36.0 Å². The minimum atomic E-state index is 0.281. The standard InChI is InChI=1S/C13H18N2/c1-10(14)7-8-11-9-15(2)13-6-4-3-5-12(11)13/h3-6,9-10H,7-8,14H2,1-2H3. The Morgan fingerprint density at radius 2 is 2.07 bits per heavy atom. The van der Waals surface area contributed by atoms with E-state index in [1.54, 1.807) is 0 Å². The number of nitrogens with zero attached hydrogens (tertiary/aromatic N) is 1. The van der Waals surface area contributed by atoms with Crippen LogP contribution in [0.4, 0.5) is 0 Å². The van der Waals surface area contributed by atoms with Gasteiger partial charge in [0.15, 0.2) is 0 Å².